The first kappa shape index (κ1) is 12.1. The van der Waals surface area contributed by atoms with Crippen molar-refractivity contribution in [3.05, 3.63) is 66.5 Å². The quantitative estimate of drug-likeness (QED) is 0.790. The second kappa shape index (κ2) is 4.97. The number of hydrogen-bond acceptors (Lipinski definition) is 3. The molecule has 0 spiro atoms. The molecule has 5 heteroatoms. The van der Waals surface area contributed by atoms with Crippen molar-refractivity contribution in [2.45, 2.75) is 0 Å². The smallest absolute Gasteiger partial charge is 0.358 e. The predicted octanol–water partition coefficient (Wildman–Crippen LogP) is 2.63. The molecule has 0 radical (unpaired) electrons. The molecule has 98 valence electrons. The molecule has 0 unspecified atom stereocenters. The lowest BCUT2D eigenvalue weighted by molar-refractivity contribution is 0.0690. The van der Waals surface area contributed by atoms with E-state index in [2.05, 4.69) is 10.3 Å². The van der Waals surface area contributed by atoms with Crippen molar-refractivity contribution in [1.29, 1.82) is 0 Å². The van der Waals surface area contributed by atoms with Gasteiger partial charge >= 0.3 is 5.97 Å². The lowest BCUT2D eigenvalue weighted by Gasteiger charge is -2.03. The van der Waals surface area contributed by atoms with E-state index in [1.807, 2.05) is 54.6 Å². The molecule has 0 amide bonds. The van der Waals surface area contributed by atoms with Crippen LogP contribution in [0.5, 0.6) is 0 Å². The summed E-state index contributed by atoms with van der Waals surface area (Å²) < 4.78 is 1.44. The first-order valence-corrected chi connectivity index (χ1v) is 6.05. The maximum Gasteiger partial charge on any atom is 0.358 e. The average molecular weight is 265 g/mol. The van der Waals surface area contributed by atoms with Gasteiger partial charge in [-0.25, -0.2) is 9.48 Å². The Balaban J connectivity index is 1.91. The van der Waals surface area contributed by atoms with Crippen LogP contribution >= 0.6 is 0 Å². The summed E-state index contributed by atoms with van der Waals surface area (Å²) in [4.78, 5) is 10.8. The summed E-state index contributed by atoms with van der Waals surface area (Å²) in [6, 6.07) is 17.7. The zero-order valence-electron chi connectivity index (χ0n) is 10.5. The van der Waals surface area contributed by atoms with E-state index >= 15 is 0 Å². The Hall–Kier alpha value is -2.95. The van der Waals surface area contributed by atoms with Crippen molar-refractivity contribution in [2.24, 2.45) is 0 Å². The molecule has 0 fully saturated rings. The minimum atomic E-state index is -1.09. The van der Waals surface area contributed by atoms with Crippen LogP contribution in [0.2, 0.25) is 0 Å². The number of nitrogens with zero attached hydrogens (tertiary/aromatic N) is 3. The van der Waals surface area contributed by atoms with Crippen LogP contribution in [-0.2, 0) is 0 Å². The van der Waals surface area contributed by atoms with Gasteiger partial charge in [0.15, 0.2) is 5.69 Å². The summed E-state index contributed by atoms with van der Waals surface area (Å²) in [7, 11) is 0. The molecule has 0 aliphatic heterocycles. The van der Waals surface area contributed by atoms with Gasteiger partial charge < -0.3 is 5.11 Å². The van der Waals surface area contributed by atoms with Crippen molar-refractivity contribution in [3.8, 4) is 16.8 Å². The van der Waals surface area contributed by atoms with E-state index in [4.69, 9.17) is 5.11 Å². The molecule has 0 aliphatic carbocycles. The molecule has 0 saturated carbocycles. The van der Waals surface area contributed by atoms with E-state index in [9.17, 15) is 4.79 Å². The summed E-state index contributed by atoms with van der Waals surface area (Å²) in [6.07, 6.45) is 1.39. The van der Waals surface area contributed by atoms with Gasteiger partial charge in [0.1, 0.15) is 0 Å². The van der Waals surface area contributed by atoms with Crippen LogP contribution in [0.1, 0.15) is 10.5 Å². The van der Waals surface area contributed by atoms with E-state index in [1.54, 1.807) is 0 Å². The highest BCUT2D eigenvalue weighted by Gasteiger charge is 2.09. The molecule has 5 nitrogen and oxygen atoms in total. The Bertz CT molecular complexity index is 733. The fourth-order valence-electron chi connectivity index (χ4n) is 1.93. The Morgan fingerprint density at radius 1 is 0.950 bits per heavy atom. The summed E-state index contributed by atoms with van der Waals surface area (Å²) in [5.41, 5.74) is 2.92. The maximum atomic E-state index is 10.8. The van der Waals surface area contributed by atoms with E-state index < -0.39 is 5.97 Å². The first-order valence-electron chi connectivity index (χ1n) is 6.05. The van der Waals surface area contributed by atoms with Crippen LogP contribution in [0.4, 0.5) is 0 Å². The number of benzene rings is 2. The number of aromatic carboxylic acids is 1. The molecule has 1 N–H and O–H groups in total. The van der Waals surface area contributed by atoms with Crippen LogP contribution in [0, 0.1) is 0 Å². The number of carboxylic acid groups (broad SMARTS) is 1. The Morgan fingerprint density at radius 3 is 2.20 bits per heavy atom. The van der Waals surface area contributed by atoms with Gasteiger partial charge in [0.2, 0.25) is 0 Å². The molecular formula is C15H11N3O2. The average Bonchev–Trinajstić information content (AvgIpc) is 2.98. The molecule has 1 heterocycles. The van der Waals surface area contributed by atoms with Gasteiger partial charge in [0.25, 0.3) is 0 Å². The summed E-state index contributed by atoms with van der Waals surface area (Å²) in [6.45, 7) is 0. The SMILES string of the molecule is O=C(O)c1cn(-c2ccc(-c3ccccc3)cc2)nn1. The monoisotopic (exact) mass is 265 g/mol. The van der Waals surface area contributed by atoms with Crippen molar-refractivity contribution in [3.63, 3.8) is 0 Å². The molecule has 1 aromatic heterocycles. The van der Waals surface area contributed by atoms with E-state index in [1.165, 1.54) is 10.9 Å². The van der Waals surface area contributed by atoms with Crippen molar-refractivity contribution < 1.29 is 9.90 Å². The third kappa shape index (κ3) is 2.29. The van der Waals surface area contributed by atoms with Gasteiger partial charge in [-0.1, -0.05) is 47.7 Å². The fraction of sp³-hybridized carbons (Fsp3) is 0. The number of carboxylic acids is 1. The normalized spacial score (nSPS) is 10.4. The Labute approximate surface area is 115 Å². The number of rotatable bonds is 3. The lowest BCUT2D eigenvalue weighted by Crippen LogP contribution is -1.96. The summed E-state index contributed by atoms with van der Waals surface area (Å²) in [5, 5.41) is 16.2. The topological polar surface area (TPSA) is 68.0 Å². The standard InChI is InChI=1S/C15H11N3O2/c19-15(20)14-10-18(17-16-14)13-8-6-12(7-9-13)11-4-2-1-3-5-11/h1-10H,(H,19,20). The highest BCUT2D eigenvalue weighted by molar-refractivity contribution is 5.84. The van der Waals surface area contributed by atoms with E-state index in [0.29, 0.717) is 0 Å². The number of aromatic nitrogens is 3. The minimum absolute atomic E-state index is 0.0721. The van der Waals surface area contributed by atoms with E-state index in [-0.39, 0.29) is 5.69 Å². The van der Waals surface area contributed by atoms with Crippen LogP contribution in [0.25, 0.3) is 16.8 Å². The van der Waals surface area contributed by atoms with Crippen LogP contribution in [0.15, 0.2) is 60.8 Å². The number of hydrogen-bond donors (Lipinski definition) is 1. The molecule has 0 bridgehead atoms. The van der Waals surface area contributed by atoms with E-state index in [0.717, 1.165) is 16.8 Å². The van der Waals surface area contributed by atoms with Crippen molar-refractivity contribution in [1.82, 2.24) is 15.0 Å². The molecular weight excluding hydrogens is 254 g/mol. The van der Waals surface area contributed by atoms with Crippen LogP contribution in [-0.4, -0.2) is 26.1 Å². The lowest BCUT2D eigenvalue weighted by atomic mass is 10.1. The van der Waals surface area contributed by atoms with Gasteiger partial charge in [-0.3, -0.25) is 0 Å². The predicted molar refractivity (Wildman–Crippen MR) is 73.8 cm³/mol. The summed E-state index contributed by atoms with van der Waals surface area (Å²) in [5.74, 6) is -1.09. The van der Waals surface area contributed by atoms with Crippen molar-refractivity contribution in [2.75, 3.05) is 0 Å². The summed E-state index contributed by atoms with van der Waals surface area (Å²) >= 11 is 0. The largest absolute Gasteiger partial charge is 0.476 e. The molecule has 0 atom stereocenters. The second-order valence-corrected chi connectivity index (χ2v) is 4.27. The minimum Gasteiger partial charge on any atom is -0.476 e. The van der Waals surface area contributed by atoms with Crippen LogP contribution in [0.3, 0.4) is 0 Å². The zero-order valence-corrected chi connectivity index (χ0v) is 10.5. The van der Waals surface area contributed by atoms with Crippen LogP contribution < -0.4 is 0 Å². The highest BCUT2D eigenvalue weighted by Crippen LogP contribution is 2.20. The van der Waals surface area contributed by atoms with Crippen molar-refractivity contribution >= 4 is 5.97 Å². The maximum absolute atomic E-state index is 10.8. The number of carbonyl (C=O) groups is 1. The van der Waals surface area contributed by atoms with Gasteiger partial charge in [-0.05, 0) is 23.3 Å². The third-order valence-corrected chi connectivity index (χ3v) is 2.95. The zero-order chi connectivity index (χ0) is 13.9. The molecule has 0 aliphatic rings. The molecule has 2 aromatic carbocycles. The van der Waals surface area contributed by atoms with Gasteiger partial charge in [0.05, 0.1) is 11.9 Å². The molecule has 3 rings (SSSR count). The fourth-order valence-corrected chi connectivity index (χ4v) is 1.93. The van der Waals surface area contributed by atoms with Gasteiger partial charge in [0, 0.05) is 0 Å². The third-order valence-electron chi connectivity index (χ3n) is 2.95. The molecule has 20 heavy (non-hydrogen) atoms. The molecule has 0 saturated heterocycles. The Morgan fingerprint density at radius 2 is 1.60 bits per heavy atom. The molecule has 3 aromatic rings. The Kier molecular flexibility index (Phi) is 3.01. The van der Waals surface area contributed by atoms with Gasteiger partial charge in [-0.15, -0.1) is 5.10 Å². The second-order valence-electron chi connectivity index (χ2n) is 4.27. The van der Waals surface area contributed by atoms with Gasteiger partial charge in [-0.2, -0.15) is 0 Å². The first-order chi connectivity index (χ1) is 9.74. The highest BCUT2D eigenvalue weighted by atomic mass is 16.4.